The SMILES string of the molecule is C=CCCCN(C)C(=O)c1ccc(N)cc1F. The fourth-order valence-electron chi connectivity index (χ4n) is 1.48. The molecule has 17 heavy (non-hydrogen) atoms. The maximum Gasteiger partial charge on any atom is 0.256 e. The van der Waals surface area contributed by atoms with Gasteiger partial charge in [-0.1, -0.05) is 6.08 Å². The minimum atomic E-state index is -0.578. The van der Waals surface area contributed by atoms with Gasteiger partial charge in [-0.15, -0.1) is 6.58 Å². The number of rotatable bonds is 5. The molecule has 3 nitrogen and oxygen atoms in total. The molecule has 1 amide bonds. The van der Waals surface area contributed by atoms with Gasteiger partial charge in [0.25, 0.3) is 5.91 Å². The predicted octanol–water partition coefficient (Wildman–Crippen LogP) is 2.45. The molecule has 1 rings (SSSR count). The number of nitrogen functional groups attached to an aromatic ring is 1. The molecule has 0 atom stereocenters. The van der Waals surface area contributed by atoms with Gasteiger partial charge in [0, 0.05) is 19.3 Å². The minimum absolute atomic E-state index is 0.0558. The molecule has 0 radical (unpaired) electrons. The maximum absolute atomic E-state index is 13.5. The molecule has 92 valence electrons. The van der Waals surface area contributed by atoms with E-state index in [1.807, 2.05) is 0 Å². The van der Waals surface area contributed by atoms with E-state index in [2.05, 4.69) is 6.58 Å². The molecule has 0 aliphatic heterocycles. The van der Waals surface area contributed by atoms with Crippen molar-refractivity contribution in [2.45, 2.75) is 12.8 Å². The first kappa shape index (κ1) is 13.2. The molecular formula is C13H17FN2O. The van der Waals surface area contributed by atoms with Gasteiger partial charge < -0.3 is 10.6 Å². The Morgan fingerprint density at radius 3 is 2.88 bits per heavy atom. The summed E-state index contributed by atoms with van der Waals surface area (Å²) >= 11 is 0. The third-order valence-electron chi connectivity index (χ3n) is 2.47. The second-order valence-electron chi connectivity index (χ2n) is 3.90. The fraction of sp³-hybridized carbons (Fsp3) is 0.308. The number of carbonyl (C=O) groups is 1. The molecule has 0 aliphatic carbocycles. The van der Waals surface area contributed by atoms with E-state index in [1.54, 1.807) is 13.1 Å². The van der Waals surface area contributed by atoms with Gasteiger partial charge in [-0.2, -0.15) is 0 Å². The van der Waals surface area contributed by atoms with Crippen molar-refractivity contribution in [3.05, 3.63) is 42.2 Å². The first-order valence-corrected chi connectivity index (χ1v) is 5.47. The van der Waals surface area contributed by atoms with E-state index >= 15 is 0 Å². The summed E-state index contributed by atoms with van der Waals surface area (Å²) in [5.74, 6) is -0.905. The number of hydrogen-bond acceptors (Lipinski definition) is 2. The molecule has 0 heterocycles. The molecule has 0 unspecified atom stereocenters. The summed E-state index contributed by atoms with van der Waals surface area (Å²) in [7, 11) is 1.65. The lowest BCUT2D eigenvalue weighted by Crippen LogP contribution is -2.28. The topological polar surface area (TPSA) is 46.3 Å². The molecular weight excluding hydrogens is 219 g/mol. The summed E-state index contributed by atoms with van der Waals surface area (Å²) in [6, 6.07) is 4.09. The lowest BCUT2D eigenvalue weighted by atomic mass is 10.1. The summed E-state index contributed by atoms with van der Waals surface area (Å²) in [6.07, 6.45) is 3.45. The molecule has 0 saturated heterocycles. The predicted molar refractivity (Wildman–Crippen MR) is 67.2 cm³/mol. The Balaban J connectivity index is 2.71. The van der Waals surface area contributed by atoms with Crippen LogP contribution in [0.15, 0.2) is 30.9 Å². The highest BCUT2D eigenvalue weighted by molar-refractivity contribution is 5.94. The second-order valence-corrected chi connectivity index (χ2v) is 3.90. The molecule has 2 N–H and O–H groups in total. The minimum Gasteiger partial charge on any atom is -0.399 e. The molecule has 1 aromatic carbocycles. The van der Waals surface area contributed by atoms with Gasteiger partial charge in [0.1, 0.15) is 5.82 Å². The number of nitrogens with zero attached hydrogens (tertiary/aromatic N) is 1. The average molecular weight is 236 g/mol. The smallest absolute Gasteiger partial charge is 0.256 e. The molecule has 0 spiro atoms. The zero-order chi connectivity index (χ0) is 12.8. The lowest BCUT2D eigenvalue weighted by molar-refractivity contribution is 0.0789. The molecule has 0 bridgehead atoms. The number of halogens is 1. The van der Waals surface area contributed by atoms with Gasteiger partial charge >= 0.3 is 0 Å². The van der Waals surface area contributed by atoms with Crippen LogP contribution in [0.2, 0.25) is 0 Å². The highest BCUT2D eigenvalue weighted by Crippen LogP contribution is 2.13. The van der Waals surface area contributed by atoms with Crippen LogP contribution in [0.5, 0.6) is 0 Å². The molecule has 4 heteroatoms. The molecule has 0 aromatic heterocycles. The number of hydrogen-bond donors (Lipinski definition) is 1. The van der Waals surface area contributed by atoms with Crippen LogP contribution in [0.3, 0.4) is 0 Å². The quantitative estimate of drug-likeness (QED) is 0.485. The normalized spacial score (nSPS) is 10.0. The number of amides is 1. The Morgan fingerprint density at radius 2 is 2.29 bits per heavy atom. The first-order chi connectivity index (χ1) is 8.06. The van der Waals surface area contributed by atoms with Gasteiger partial charge in [0.05, 0.1) is 5.56 Å². The summed E-state index contributed by atoms with van der Waals surface area (Å²) < 4.78 is 13.5. The number of benzene rings is 1. The first-order valence-electron chi connectivity index (χ1n) is 5.47. The van der Waals surface area contributed by atoms with Crippen molar-refractivity contribution in [2.75, 3.05) is 19.3 Å². The largest absolute Gasteiger partial charge is 0.399 e. The van der Waals surface area contributed by atoms with Crippen LogP contribution in [-0.2, 0) is 0 Å². The third kappa shape index (κ3) is 3.59. The van der Waals surface area contributed by atoms with E-state index < -0.39 is 5.82 Å². The Labute approximate surface area is 101 Å². The van der Waals surface area contributed by atoms with E-state index in [9.17, 15) is 9.18 Å². The molecule has 1 aromatic rings. The lowest BCUT2D eigenvalue weighted by Gasteiger charge is -2.17. The Kier molecular flexibility index (Phi) is 4.69. The number of unbranched alkanes of at least 4 members (excludes halogenated alkanes) is 1. The van der Waals surface area contributed by atoms with Gasteiger partial charge in [0.15, 0.2) is 0 Å². The van der Waals surface area contributed by atoms with Crippen molar-refractivity contribution in [1.29, 1.82) is 0 Å². The fourth-order valence-corrected chi connectivity index (χ4v) is 1.48. The van der Waals surface area contributed by atoms with Crippen molar-refractivity contribution in [3.63, 3.8) is 0 Å². The third-order valence-corrected chi connectivity index (χ3v) is 2.47. The van der Waals surface area contributed by atoms with Crippen LogP contribution >= 0.6 is 0 Å². The molecule has 0 fully saturated rings. The number of anilines is 1. The van der Waals surface area contributed by atoms with E-state index in [-0.39, 0.29) is 11.5 Å². The summed E-state index contributed by atoms with van der Waals surface area (Å²) in [5, 5.41) is 0. The van der Waals surface area contributed by atoms with E-state index in [0.29, 0.717) is 12.2 Å². The van der Waals surface area contributed by atoms with Crippen molar-refractivity contribution in [2.24, 2.45) is 0 Å². The van der Waals surface area contributed by atoms with Gasteiger partial charge in [-0.25, -0.2) is 4.39 Å². The van der Waals surface area contributed by atoms with Crippen LogP contribution in [0, 0.1) is 5.82 Å². The van der Waals surface area contributed by atoms with Gasteiger partial charge in [0.2, 0.25) is 0 Å². The van der Waals surface area contributed by atoms with Crippen molar-refractivity contribution >= 4 is 11.6 Å². The Morgan fingerprint density at radius 1 is 1.59 bits per heavy atom. The number of allylic oxidation sites excluding steroid dienone is 1. The average Bonchev–Trinajstić information content (AvgIpc) is 2.28. The van der Waals surface area contributed by atoms with Gasteiger partial charge in [-0.3, -0.25) is 4.79 Å². The Bertz CT molecular complexity index is 418. The van der Waals surface area contributed by atoms with Crippen LogP contribution in [-0.4, -0.2) is 24.4 Å². The standard InChI is InChI=1S/C13H17FN2O/c1-3-4-5-8-16(2)13(17)11-7-6-10(15)9-12(11)14/h3,6-7,9H,1,4-5,8,15H2,2H3. The second kappa shape index (κ2) is 6.03. The van der Waals surface area contributed by atoms with Crippen LogP contribution in [0.4, 0.5) is 10.1 Å². The maximum atomic E-state index is 13.5. The summed E-state index contributed by atoms with van der Waals surface area (Å²) in [6.45, 7) is 4.19. The van der Waals surface area contributed by atoms with Crippen molar-refractivity contribution in [3.8, 4) is 0 Å². The highest BCUT2D eigenvalue weighted by Gasteiger charge is 2.15. The number of nitrogens with two attached hydrogens (primary N) is 1. The zero-order valence-corrected chi connectivity index (χ0v) is 9.95. The van der Waals surface area contributed by atoms with E-state index in [1.165, 1.54) is 17.0 Å². The zero-order valence-electron chi connectivity index (χ0n) is 9.95. The molecule has 0 saturated carbocycles. The van der Waals surface area contributed by atoms with E-state index in [0.717, 1.165) is 18.9 Å². The van der Waals surface area contributed by atoms with Crippen LogP contribution in [0.1, 0.15) is 23.2 Å². The van der Waals surface area contributed by atoms with Crippen molar-refractivity contribution in [1.82, 2.24) is 4.90 Å². The van der Waals surface area contributed by atoms with Crippen molar-refractivity contribution < 1.29 is 9.18 Å². The molecule has 0 aliphatic rings. The summed E-state index contributed by atoms with van der Waals surface area (Å²) in [4.78, 5) is 13.4. The highest BCUT2D eigenvalue weighted by atomic mass is 19.1. The Hall–Kier alpha value is -1.84. The van der Waals surface area contributed by atoms with E-state index in [4.69, 9.17) is 5.73 Å². The summed E-state index contributed by atoms with van der Waals surface area (Å²) in [5.41, 5.74) is 5.80. The van der Waals surface area contributed by atoms with Gasteiger partial charge in [-0.05, 0) is 31.0 Å². The van der Waals surface area contributed by atoms with Crippen LogP contribution in [0.25, 0.3) is 0 Å². The number of carbonyl (C=O) groups excluding carboxylic acids is 1. The monoisotopic (exact) mass is 236 g/mol. The van der Waals surface area contributed by atoms with Crippen LogP contribution < -0.4 is 5.73 Å².